The zero-order valence-electron chi connectivity index (χ0n) is 20.6. The number of carbonyl (C=O) groups is 1. The second-order valence-corrected chi connectivity index (χ2v) is 8.52. The predicted molar refractivity (Wildman–Crippen MR) is 137 cm³/mol. The van der Waals surface area contributed by atoms with E-state index in [0.29, 0.717) is 5.56 Å². The molecular weight excluding hydrogens is 424 g/mol. The lowest BCUT2D eigenvalue weighted by molar-refractivity contribution is -0.254. The molecule has 2 aliphatic rings. The van der Waals surface area contributed by atoms with Gasteiger partial charge in [-0.3, -0.25) is 0 Å². The molecule has 5 heteroatoms. The molecule has 0 fully saturated rings. The van der Waals surface area contributed by atoms with Crippen molar-refractivity contribution in [3.63, 3.8) is 0 Å². The van der Waals surface area contributed by atoms with E-state index in [1.807, 2.05) is 31.2 Å². The molecule has 0 bridgehead atoms. The van der Waals surface area contributed by atoms with E-state index in [9.17, 15) is 9.90 Å². The maximum absolute atomic E-state index is 12.1. The molecule has 4 rings (SSSR count). The molecule has 0 atom stereocenters. The Hall–Kier alpha value is -3.60. The van der Waals surface area contributed by atoms with Gasteiger partial charge in [0.1, 0.15) is 24.4 Å². The highest BCUT2D eigenvalue weighted by Gasteiger charge is 2.21. The average Bonchev–Trinajstić information content (AvgIpc) is 2.83. The van der Waals surface area contributed by atoms with Crippen molar-refractivity contribution >= 4 is 22.6 Å². The van der Waals surface area contributed by atoms with Crippen molar-refractivity contribution in [3.05, 3.63) is 71.1 Å². The number of aromatic carboxylic acids is 1. The maximum Gasteiger partial charge on any atom is 0.203 e. The molecule has 0 aromatic heterocycles. The minimum atomic E-state index is -1.18. The largest absolute Gasteiger partial charge is 0.545 e. The van der Waals surface area contributed by atoms with E-state index in [4.69, 9.17) is 4.42 Å². The van der Waals surface area contributed by atoms with Crippen molar-refractivity contribution in [2.75, 3.05) is 31.1 Å². The van der Waals surface area contributed by atoms with Crippen LogP contribution < -0.4 is 19.9 Å². The van der Waals surface area contributed by atoms with Gasteiger partial charge in [0.05, 0.1) is 12.0 Å². The van der Waals surface area contributed by atoms with Crippen LogP contribution in [0.15, 0.2) is 59.0 Å². The average molecular weight is 457 g/mol. The zero-order valence-corrected chi connectivity index (χ0v) is 20.6. The standard InChI is InChI=1S/C29H32N2O3/c1-6-30(7-2)20-11-14-23-26(17-20)34-27-18-21(31(8-3)9-4)12-15-24(27)28(23)25-16-19(5)10-13-22(25)29(32)33/h10-18H,6-9H2,1-5H3. The lowest BCUT2D eigenvalue weighted by Gasteiger charge is -2.23. The summed E-state index contributed by atoms with van der Waals surface area (Å²) in [6.07, 6.45) is 0. The second-order valence-electron chi connectivity index (χ2n) is 8.52. The number of carboxylic acid groups (broad SMARTS) is 1. The summed E-state index contributed by atoms with van der Waals surface area (Å²) in [5.41, 5.74) is 5.37. The molecule has 5 nitrogen and oxygen atoms in total. The topological polar surface area (TPSA) is 59.5 Å². The van der Waals surface area contributed by atoms with Crippen molar-refractivity contribution in [1.29, 1.82) is 0 Å². The van der Waals surface area contributed by atoms with Crippen LogP contribution in [0, 0.1) is 6.92 Å². The predicted octanol–water partition coefficient (Wildman–Crippen LogP) is 4.53. The van der Waals surface area contributed by atoms with Crippen LogP contribution in [0.2, 0.25) is 0 Å². The molecule has 176 valence electrons. The van der Waals surface area contributed by atoms with Gasteiger partial charge in [-0.25, -0.2) is 4.58 Å². The molecule has 1 aliphatic carbocycles. The van der Waals surface area contributed by atoms with Gasteiger partial charge in [0.15, 0.2) is 0 Å². The number of carboxylic acids is 1. The van der Waals surface area contributed by atoms with E-state index in [2.05, 4.69) is 61.4 Å². The number of hydrogen-bond donors (Lipinski definition) is 0. The highest BCUT2D eigenvalue weighted by atomic mass is 16.4. The van der Waals surface area contributed by atoms with Crippen LogP contribution in [0.1, 0.15) is 43.6 Å². The number of hydrogen-bond acceptors (Lipinski definition) is 4. The molecule has 2 aromatic rings. The fourth-order valence-corrected chi connectivity index (χ4v) is 4.77. The first kappa shape index (κ1) is 23.6. The van der Waals surface area contributed by atoms with Crippen LogP contribution >= 0.6 is 0 Å². The molecule has 1 heterocycles. The molecule has 0 unspecified atom stereocenters. The lowest BCUT2D eigenvalue weighted by Crippen LogP contribution is -2.29. The van der Waals surface area contributed by atoms with Gasteiger partial charge in [-0.1, -0.05) is 23.8 Å². The van der Waals surface area contributed by atoms with Crippen molar-refractivity contribution in [2.45, 2.75) is 34.6 Å². The van der Waals surface area contributed by atoms with E-state index in [-0.39, 0.29) is 5.56 Å². The Bertz CT molecular complexity index is 1390. The third kappa shape index (κ3) is 4.18. The zero-order chi connectivity index (χ0) is 24.4. The van der Waals surface area contributed by atoms with Gasteiger partial charge < -0.3 is 19.2 Å². The van der Waals surface area contributed by atoms with E-state index in [1.165, 1.54) is 0 Å². The van der Waals surface area contributed by atoms with Crippen molar-refractivity contribution < 1.29 is 14.3 Å². The first-order valence-electron chi connectivity index (χ1n) is 12.1. The first-order chi connectivity index (χ1) is 16.4. The third-order valence-electron chi connectivity index (χ3n) is 6.61. The third-order valence-corrected chi connectivity index (χ3v) is 6.61. The van der Waals surface area contributed by atoms with E-state index in [0.717, 1.165) is 70.6 Å². The maximum atomic E-state index is 12.1. The van der Waals surface area contributed by atoms with Gasteiger partial charge >= 0.3 is 0 Å². The van der Waals surface area contributed by atoms with Crippen LogP contribution in [-0.4, -0.2) is 32.1 Å². The molecule has 0 spiro atoms. The molecule has 0 N–H and O–H groups in total. The van der Waals surface area contributed by atoms with Crippen LogP contribution in [0.25, 0.3) is 33.4 Å². The number of carbonyl (C=O) groups excluding carboxylic acids is 1. The van der Waals surface area contributed by atoms with Crippen LogP contribution in [0.5, 0.6) is 0 Å². The number of aryl methyl sites for hydroxylation is 1. The molecule has 34 heavy (non-hydrogen) atoms. The summed E-state index contributed by atoms with van der Waals surface area (Å²) < 4.78 is 8.75. The molecular formula is C29H32N2O3. The summed E-state index contributed by atoms with van der Waals surface area (Å²) >= 11 is 0. The lowest BCUT2D eigenvalue weighted by atomic mass is 9.89. The van der Waals surface area contributed by atoms with Gasteiger partial charge in [-0.15, -0.1) is 0 Å². The van der Waals surface area contributed by atoms with Crippen molar-refractivity contribution in [2.24, 2.45) is 0 Å². The summed E-state index contributed by atoms with van der Waals surface area (Å²) in [5.74, 6) is -0.453. The Labute approximate surface area is 200 Å². The fraction of sp³-hybridized carbons (Fsp3) is 0.310. The fourth-order valence-electron chi connectivity index (χ4n) is 4.77. The van der Waals surface area contributed by atoms with Gasteiger partial charge in [-0.2, -0.15) is 0 Å². The number of anilines is 1. The van der Waals surface area contributed by atoms with Crippen LogP contribution in [0.4, 0.5) is 5.69 Å². The Balaban J connectivity index is 2.16. The number of benzene rings is 3. The van der Waals surface area contributed by atoms with Gasteiger partial charge in [0, 0.05) is 53.0 Å². The minimum Gasteiger partial charge on any atom is -0.545 e. The number of fused-ring (bicyclic) bond motifs is 2. The highest BCUT2D eigenvalue weighted by Crippen LogP contribution is 2.42. The highest BCUT2D eigenvalue weighted by molar-refractivity contribution is 6.07. The smallest absolute Gasteiger partial charge is 0.203 e. The Morgan fingerprint density at radius 1 is 0.912 bits per heavy atom. The molecule has 0 radical (unpaired) electrons. The summed E-state index contributed by atoms with van der Waals surface area (Å²) in [6.45, 7) is 14.1. The Kier molecular flexibility index (Phi) is 6.73. The monoisotopic (exact) mass is 456 g/mol. The summed E-state index contributed by atoms with van der Waals surface area (Å²) in [5, 5.41) is 14.0. The quantitative estimate of drug-likeness (QED) is 0.303. The molecule has 1 aliphatic heterocycles. The molecule has 0 saturated carbocycles. The summed E-state index contributed by atoms with van der Waals surface area (Å²) in [7, 11) is 0. The summed E-state index contributed by atoms with van der Waals surface area (Å²) in [6, 6.07) is 17.7. The Morgan fingerprint density at radius 2 is 1.65 bits per heavy atom. The normalized spacial score (nSPS) is 11.2. The second kappa shape index (κ2) is 9.72. The summed E-state index contributed by atoms with van der Waals surface area (Å²) in [4.78, 5) is 14.3. The molecule has 0 amide bonds. The van der Waals surface area contributed by atoms with E-state index >= 15 is 0 Å². The SMILES string of the molecule is CCN(CC)c1ccc2c(-c3cc(C)ccc3C(=O)[O-])c3ccc(=[N+](CC)CC)cc-3oc2c1. The van der Waals surface area contributed by atoms with Gasteiger partial charge in [0.2, 0.25) is 5.36 Å². The Morgan fingerprint density at radius 3 is 2.29 bits per heavy atom. The first-order valence-corrected chi connectivity index (χ1v) is 12.1. The van der Waals surface area contributed by atoms with Crippen molar-refractivity contribution in [3.8, 4) is 22.5 Å². The van der Waals surface area contributed by atoms with Crippen LogP contribution in [-0.2, 0) is 0 Å². The van der Waals surface area contributed by atoms with Gasteiger partial charge in [-0.05, 0) is 58.4 Å². The van der Waals surface area contributed by atoms with E-state index in [1.54, 1.807) is 6.07 Å². The number of rotatable bonds is 7. The van der Waals surface area contributed by atoms with Gasteiger partial charge in [0.25, 0.3) is 0 Å². The van der Waals surface area contributed by atoms with E-state index < -0.39 is 5.97 Å². The van der Waals surface area contributed by atoms with Crippen molar-refractivity contribution in [1.82, 2.24) is 4.58 Å². The molecule has 2 aromatic carbocycles. The minimum absolute atomic E-state index is 0.181. The molecule has 0 saturated heterocycles. The number of nitrogens with zero attached hydrogens (tertiary/aromatic N) is 2. The van der Waals surface area contributed by atoms with Crippen LogP contribution in [0.3, 0.4) is 0 Å².